The summed E-state index contributed by atoms with van der Waals surface area (Å²) in [5, 5.41) is 3.26. The van der Waals surface area contributed by atoms with E-state index in [4.69, 9.17) is 0 Å². The van der Waals surface area contributed by atoms with Crippen LogP contribution in [0.4, 0.5) is 4.39 Å². The van der Waals surface area contributed by atoms with Crippen LogP contribution in [0.25, 0.3) is 0 Å². The molecule has 12 heavy (non-hydrogen) atoms. The number of hydrogen-bond donors (Lipinski definition) is 1. The maximum atomic E-state index is 11.7. The third-order valence-corrected chi connectivity index (χ3v) is 1.82. The smallest absolute Gasteiger partial charge is 0.0906 e. The SMILES string of the molecule is Cl.Cl.FCCCN1CCNCC1. The molecule has 2 nitrogen and oxygen atoms in total. The molecule has 1 saturated heterocycles. The van der Waals surface area contributed by atoms with Crippen LogP contribution in [0.1, 0.15) is 6.42 Å². The predicted octanol–water partition coefficient (Wildman–Crippen LogP) is 1.09. The van der Waals surface area contributed by atoms with Crippen molar-refractivity contribution in [1.29, 1.82) is 0 Å². The van der Waals surface area contributed by atoms with Gasteiger partial charge in [-0.2, -0.15) is 0 Å². The van der Waals surface area contributed by atoms with Gasteiger partial charge in [0.25, 0.3) is 0 Å². The minimum absolute atomic E-state index is 0. The highest BCUT2D eigenvalue weighted by Gasteiger charge is 2.07. The van der Waals surface area contributed by atoms with Crippen LogP contribution in [0, 0.1) is 0 Å². The standard InChI is InChI=1S/C7H15FN2.2ClH/c8-2-1-5-10-6-3-9-4-7-10;;/h9H,1-7H2;2*1H. The molecule has 0 aromatic carbocycles. The lowest BCUT2D eigenvalue weighted by molar-refractivity contribution is 0.230. The van der Waals surface area contributed by atoms with E-state index in [-0.39, 0.29) is 31.5 Å². The molecule has 1 fully saturated rings. The van der Waals surface area contributed by atoms with E-state index in [1.807, 2.05) is 0 Å². The minimum atomic E-state index is -0.177. The van der Waals surface area contributed by atoms with Gasteiger partial charge in [-0.25, -0.2) is 0 Å². The average molecular weight is 219 g/mol. The van der Waals surface area contributed by atoms with E-state index in [0.717, 1.165) is 32.7 Å². The van der Waals surface area contributed by atoms with Gasteiger partial charge in [-0.15, -0.1) is 24.8 Å². The van der Waals surface area contributed by atoms with Gasteiger partial charge < -0.3 is 10.2 Å². The van der Waals surface area contributed by atoms with Gasteiger partial charge in [-0.1, -0.05) is 0 Å². The number of piperazine rings is 1. The highest BCUT2D eigenvalue weighted by atomic mass is 35.5. The molecule has 1 aliphatic heterocycles. The predicted molar refractivity (Wildman–Crippen MR) is 54.4 cm³/mol. The summed E-state index contributed by atoms with van der Waals surface area (Å²) in [5.41, 5.74) is 0. The molecule has 0 bridgehead atoms. The number of hydrogen-bond acceptors (Lipinski definition) is 2. The van der Waals surface area contributed by atoms with Crippen LogP contribution in [-0.2, 0) is 0 Å². The fourth-order valence-electron chi connectivity index (χ4n) is 1.22. The first-order valence-corrected chi connectivity index (χ1v) is 3.92. The highest BCUT2D eigenvalue weighted by molar-refractivity contribution is 5.85. The molecule has 76 valence electrons. The lowest BCUT2D eigenvalue weighted by Crippen LogP contribution is -2.43. The van der Waals surface area contributed by atoms with Crippen LogP contribution in [0.15, 0.2) is 0 Å². The van der Waals surface area contributed by atoms with Crippen LogP contribution < -0.4 is 5.32 Å². The minimum Gasteiger partial charge on any atom is -0.314 e. The Bertz CT molecular complexity index is 89.5. The van der Waals surface area contributed by atoms with Crippen LogP contribution in [0.2, 0.25) is 0 Å². The van der Waals surface area contributed by atoms with Crippen molar-refractivity contribution in [1.82, 2.24) is 10.2 Å². The molecule has 0 unspecified atom stereocenters. The van der Waals surface area contributed by atoms with Gasteiger partial charge in [0.1, 0.15) is 0 Å². The summed E-state index contributed by atoms with van der Waals surface area (Å²) < 4.78 is 11.7. The quantitative estimate of drug-likeness (QED) is 0.764. The van der Waals surface area contributed by atoms with Crippen molar-refractivity contribution in [2.24, 2.45) is 0 Å². The lowest BCUT2D eigenvalue weighted by Gasteiger charge is -2.26. The van der Waals surface area contributed by atoms with Gasteiger partial charge in [0.05, 0.1) is 6.67 Å². The Kier molecular flexibility index (Phi) is 11.8. The second-order valence-corrected chi connectivity index (χ2v) is 2.63. The number of rotatable bonds is 3. The Hall–Kier alpha value is 0.430. The molecule has 0 aromatic rings. The maximum absolute atomic E-state index is 11.7. The Morgan fingerprint density at radius 3 is 2.25 bits per heavy atom. The Labute approximate surface area is 85.7 Å². The molecule has 0 atom stereocenters. The third-order valence-electron chi connectivity index (χ3n) is 1.82. The topological polar surface area (TPSA) is 15.3 Å². The van der Waals surface area contributed by atoms with Gasteiger partial charge in [0.15, 0.2) is 0 Å². The van der Waals surface area contributed by atoms with E-state index in [9.17, 15) is 4.39 Å². The zero-order valence-corrected chi connectivity index (χ0v) is 8.72. The number of nitrogens with zero attached hydrogens (tertiary/aromatic N) is 1. The summed E-state index contributed by atoms with van der Waals surface area (Å²) >= 11 is 0. The number of halogens is 3. The van der Waals surface area contributed by atoms with Gasteiger partial charge >= 0.3 is 0 Å². The van der Waals surface area contributed by atoms with Crippen LogP contribution in [0.3, 0.4) is 0 Å². The average Bonchev–Trinajstić information content (AvgIpc) is 2.03. The van der Waals surface area contributed by atoms with E-state index in [0.29, 0.717) is 6.42 Å². The second-order valence-electron chi connectivity index (χ2n) is 2.63. The second kappa shape index (κ2) is 9.52. The summed E-state index contributed by atoms with van der Waals surface area (Å²) in [7, 11) is 0. The van der Waals surface area contributed by atoms with Gasteiger partial charge in [-0.3, -0.25) is 4.39 Å². The first-order chi connectivity index (χ1) is 4.93. The number of alkyl halides is 1. The van der Waals surface area contributed by atoms with Crippen molar-refractivity contribution >= 4 is 24.8 Å². The molecule has 0 radical (unpaired) electrons. The normalized spacial score (nSPS) is 17.8. The van der Waals surface area contributed by atoms with Gasteiger partial charge in [0.2, 0.25) is 0 Å². The molecule has 1 aliphatic rings. The van der Waals surface area contributed by atoms with E-state index >= 15 is 0 Å². The van der Waals surface area contributed by atoms with E-state index in [1.165, 1.54) is 0 Å². The van der Waals surface area contributed by atoms with Gasteiger partial charge in [0, 0.05) is 32.7 Å². The van der Waals surface area contributed by atoms with E-state index in [1.54, 1.807) is 0 Å². The summed E-state index contributed by atoms with van der Waals surface area (Å²) in [4.78, 5) is 2.30. The fraction of sp³-hybridized carbons (Fsp3) is 1.00. The molecular formula is C7H17Cl2FN2. The first kappa shape index (κ1) is 14.9. The molecule has 5 heteroatoms. The molecule has 1 rings (SSSR count). The van der Waals surface area contributed by atoms with Crippen LogP contribution >= 0.6 is 24.8 Å². The van der Waals surface area contributed by atoms with Crippen molar-refractivity contribution < 1.29 is 4.39 Å². The Morgan fingerprint density at radius 2 is 1.75 bits per heavy atom. The fourth-order valence-corrected chi connectivity index (χ4v) is 1.22. The zero-order valence-electron chi connectivity index (χ0n) is 7.09. The van der Waals surface area contributed by atoms with Crippen molar-refractivity contribution in [2.45, 2.75) is 6.42 Å². The summed E-state index contributed by atoms with van der Waals surface area (Å²) in [6, 6.07) is 0. The van der Waals surface area contributed by atoms with E-state index in [2.05, 4.69) is 10.2 Å². The number of nitrogens with one attached hydrogen (secondary N) is 1. The first-order valence-electron chi connectivity index (χ1n) is 3.92. The molecule has 0 spiro atoms. The molecule has 0 aliphatic carbocycles. The zero-order chi connectivity index (χ0) is 7.23. The Morgan fingerprint density at radius 1 is 1.17 bits per heavy atom. The van der Waals surface area contributed by atoms with Crippen molar-refractivity contribution in [3.8, 4) is 0 Å². The molecule has 1 heterocycles. The summed E-state index contributed by atoms with van der Waals surface area (Å²) in [6.07, 6.45) is 0.694. The summed E-state index contributed by atoms with van der Waals surface area (Å²) in [5.74, 6) is 0. The lowest BCUT2D eigenvalue weighted by atomic mass is 10.3. The summed E-state index contributed by atoms with van der Waals surface area (Å²) in [6.45, 7) is 5.04. The molecule has 1 N–H and O–H groups in total. The maximum Gasteiger partial charge on any atom is 0.0906 e. The van der Waals surface area contributed by atoms with Crippen LogP contribution in [0.5, 0.6) is 0 Å². The largest absolute Gasteiger partial charge is 0.314 e. The molecular weight excluding hydrogens is 202 g/mol. The van der Waals surface area contributed by atoms with Crippen molar-refractivity contribution in [3.63, 3.8) is 0 Å². The van der Waals surface area contributed by atoms with E-state index < -0.39 is 0 Å². The van der Waals surface area contributed by atoms with Crippen LogP contribution in [-0.4, -0.2) is 44.3 Å². The monoisotopic (exact) mass is 218 g/mol. The molecule has 0 amide bonds. The third kappa shape index (κ3) is 6.00. The highest BCUT2D eigenvalue weighted by Crippen LogP contribution is 1.93. The van der Waals surface area contributed by atoms with Crippen molar-refractivity contribution in [3.05, 3.63) is 0 Å². The molecule has 0 saturated carbocycles. The molecule has 0 aromatic heterocycles. The van der Waals surface area contributed by atoms with Crippen molar-refractivity contribution in [2.75, 3.05) is 39.4 Å². The Balaban J connectivity index is 0. The van der Waals surface area contributed by atoms with Gasteiger partial charge in [-0.05, 0) is 6.42 Å².